The minimum atomic E-state index is -0.0989. The number of H-pyrrole nitrogens is 1. The van der Waals surface area contributed by atoms with E-state index in [1.807, 2.05) is 72.6 Å². The van der Waals surface area contributed by atoms with Gasteiger partial charge in [0.15, 0.2) is 5.11 Å². The topological polar surface area (TPSA) is 61.0 Å². The van der Waals surface area contributed by atoms with Gasteiger partial charge in [0.1, 0.15) is 0 Å². The molecule has 5 nitrogen and oxygen atoms in total. The first-order valence-corrected chi connectivity index (χ1v) is 11.0. The summed E-state index contributed by atoms with van der Waals surface area (Å²) in [5, 5.41) is 5.02. The number of hydrogen-bond acceptors (Lipinski definition) is 3. The van der Waals surface area contributed by atoms with E-state index >= 15 is 0 Å². The SMILES string of the molecule is Cc1ccc2cc(CN(Cc3cccnc3)C(=S)NC(C)c3ccccc3)c(=O)[nH]c2c1. The van der Waals surface area contributed by atoms with Crippen LogP contribution in [0.1, 0.15) is 35.2 Å². The van der Waals surface area contributed by atoms with E-state index in [-0.39, 0.29) is 11.6 Å². The lowest BCUT2D eigenvalue weighted by Crippen LogP contribution is -2.41. The minimum absolute atomic E-state index is 0.0398. The zero-order valence-corrected chi connectivity index (χ0v) is 19.0. The average Bonchev–Trinajstić information content (AvgIpc) is 2.80. The lowest BCUT2D eigenvalue weighted by molar-refractivity contribution is 0.391. The van der Waals surface area contributed by atoms with E-state index in [1.54, 1.807) is 6.20 Å². The molecule has 0 fully saturated rings. The van der Waals surface area contributed by atoms with Gasteiger partial charge in [-0.3, -0.25) is 9.78 Å². The van der Waals surface area contributed by atoms with Crippen molar-refractivity contribution in [3.05, 3.63) is 112 Å². The predicted octanol–water partition coefficient (Wildman–Crippen LogP) is 4.87. The van der Waals surface area contributed by atoms with Crippen LogP contribution in [0.2, 0.25) is 0 Å². The van der Waals surface area contributed by atoms with Gasteiger partial charge in [0.25, 0.3) is 5.56 Å². The number of aryl methyl sites for hydroxylation is 1. The summed E-state index contributed by atoms with van der Waals surface area (Å²) in [5.41, 5.74) is 4.70. The van der Waals surface area contributed by atoms with Crippen molar-refractivity contribution in [1.82, 2.24) is 20.2 Å². The smallest absolute Gasteiger partial charge is 0.253 e. The molecule has 1 unspecified atom stereocenters. The molecule has 0 aliphatic carbocycles. The van der Waals surface area contributed by atoms with Crippen LogP contribution in [0.5, 0.6) is 0 Å². The number of rotatable bonds is 6. The van der Waals surface area contributed by atoms with Crippen LogP contribution in [0.25, 0.3) is 10.9 Å². The van der Waals surface area contributed by atoms with Crippen molar-refractivity contribution in [2.75, 3.05) is 0 Å². The third kappa shape index (κ3) is 5.21. The Hall–Kier alpha value is -3.51. The Morgan fingerprint density at radius 3 is 2.66 bits per heavy atom. The molecule has 0 bridgehead atoms. The van der Waals surface area contributed by atoms with Crippen molar-refractivity contribution < 1.29 is 0 Å². The first kappa shape index (κ1) is 21.7. The summed E-state index contributed by atoms with van der Waals surface area (Å²) < 4.78 is 0. The molecule has 0 saturated carbocycles. The van der Waals surface area contributed by atoms with E-state index in [0.717, 1.165) is 27.6 Å². The highest BCUT2D eigenvalue weighted by atomic mass is 32.1. The second kappa shape index (κ2) is 9.75. The first-order valence-electron chi connectivity index (χ1n) is 10.6. The number of nitrogens with zero attached hydrogens (tertiary/aromatic N) is 2. The van der Waals surface area contributed by atoms with Gasteiger partial charge in [-0.1, -0.05) is 48.5 Å². The third-order valence-electron chi connectivity index (χ3n) is 5.46. The molecule has 32 heavy (non-hydrogen) atoms. The van der Waals surface area contributed by atoms with Gasteiger partial charge >= 0.3 is 0 Å². The molecule has 162 valence electrons. The van der Waals surface area contributed by atoms with Crippen LogP contribution in [0.15, 0.2) is 83.9 Å². The van der Waals surface area contributed by atoms with Gasteiger partial charge in [-0.25, -0.2) is 0 Å². The fraction of sp³-hybridized carbons (Fsp3) is 0.192. The lowest BCUT2D eigenvalue weighted by atomic mass is 10.1. The Labute approximate surface area is 193 Å². The summed E-state index contributed by atoms with van der Waals surface area (Å²) in [4.78, 5) is 22.1. The maximum Gasteiger partial charge on any atom is 0.253 e. The van der Waals surface area contributed by atoms with Crippen LogP contribution in [-0.4, -0.2) is 20.0 Å². The van der Waals surface area contributed by atoms with Crippen molar-refractivity contribution in [1.29, 1.82) is 0 Å². The molecule has 2 aromatic heterocycles. The maximum atomic E-state index is 12.8. The molecule has 2 heterocycles. The van der Waals surface area contributed by atoms with E-state index in [2.05, 4.69) is 34.3 Å². The maximum absolute atomic E-state index is 12.8. The molecular formula is C26H26N4OS. The Kier molecular flexibility index (Phi) is 6.61. The van der Waals surface area contributed by atoms with Gasteiger partial charge in [0, 0.05) is 30.0 Å². The zero-order chi connectivity index (χ0) is 22.5. The van der Waals surface area contributed by atoms with Gasteiger partial charge in [-0.15, -0.1) is 0 Å². The summed E-state index contributed by atoms with van der Waals surface area (Å²) in [5.74, 6) is 0. The second-order valence-corrected chi connectivity index (χ2v) is 8.40. The standard InChI is InChI=1S/C26H26N4OS/c1-18-10-11-22-14-23(25(31)29-24(22)13-18)17-30(16-20-7-6-12-27-15-20)26(32)28-19(2)21-8-4-3-5-9-21/h3-15,19H,16-17H2,1-2H3,(H,28,32)(H,29,31). The predicted molar refractivity (Wildman–Crippen MR) is 133 cm³/mol. The monoisotopic (exact) mass is 442 g/mol. The van der Waals surface area contributed by atoms with Crippen LogP contribution in [0, 0.1) is 6.92 Å². The van der Waals surface area contributed by atoms with Crippen molar-refractivity contribution in [3.8, 4) is 0 Å². The third-order valence-corrected chi connectivity index (χ3v) is 5.84. The molecule has 0 aliphatic heterocycles. The molecule has 2 N–H and O–H groups in total. The molecule has 0 aliphatic rings. The fourth-order valence-corrected chi connectivity index (χ4v) is 4.00. The number of nitrogens with one attached hydrogen (secondary N) is 2. The first-order chi connectivity index (χ1) is 15.5. The largest absolute Gasteiger partial charge is 0.356 e. The quantitative estimate of drug-likeness (QED) is 0.417. The van der Waals surface area contributed by atoms with Crippen LogP contribution in [0.3, 0.4) is 0 Å². The highest BCUT2D eigenvalue weighted by Crippen LogP contribution is 2.17. The number of fused-ring (bicyclic) bond motifs is 1. The number of pyridine rings is 2. The summed E-state index contributed by atoms with van der Waals surface area (Å²) in [6.45, 7) is 5.03. The molecule has 4 rings (SSSR count). The Balaban J connectivity index is 1.61. The van der Waals surface area contributed by atoms with E-state index in [0.29, 0.717) is 23.8 Å². The number of hydrogen-bond donors (Lipinski definition) is 2. The van der Waals surface area contributed by atoms with Gasteiger partial charge in [-0.2, -0.15) is 0 Å². The lowest BCUT2D eigenvalue weighted by Gasteiger charge is -2.28. The number of aromatic nitrogens is 2. The van der Waals surface area contributed by atoms with E-state index in [9.17, 15) is 4.79 Å². The van der Waals surface area contributed by atoms with Crippen molar-refractivity contribution >= 4 is 28.2 Å². The van der Waals surface area contributed by atoms with Crippen molar-refractivity contribution in [2.45, 2.75) is 33.0 Å². The molecule has 0 spiro atoms. The summed E-state index contributed by atoms with van der Waals surface area (Å²) in [7, 11) is 0. The van der Waals surface area contributed by atoms with Crippen molar-refractivity contribution in [2.24, 2.45) is 0 Å². The Morgan fingerprint density at radius 2 is 1.91 bits per heavy atom. The number of thiocarbonyl (C=S) groups is 1. The molecule has 4 aromatic rings. The van der Waals surface area contributed by atoms with E-state index < -0.39 is 0 Å². The molecular weight excluding hydrogens is 416 g/mol. The molecule has 2 aromatic carbocycles. The Morgan fingerprint density at radius 1 is 1.09 bits per heavy atom. The second-order valence-electron chi connectivity index (χ2n) is 8.01. The van der Waals surface area contributed by atoms with Crippen LogP contribution in [0.4, 0.5) is 0 Å². The van der Waals surface area contributed by atoms with E-state index in [4.69, 9.17) is 12.2 Å². The molecule has 0 saturated heterocycles. The number of benzene rings is 2. The molecule has 6 heteroatoms. The van der Waals surface area contributed by atoms with Crippen LogP contribution < -0.4 is 10.9 Å². The van der Waals surface area contributed by atoms with Crippen molar-refractivity contribution in [3.63, 3.8) is 0 Å². The van der Waals surface area contributed by atoms with Gasteiger partial charge in [-0.05, 0) is 66.3 Å². The summed E-state index contributed by atoms with van der Waals surface area (Å²) in [6.07, 6.45) is 3.57. The van der Waals surface area contributed by atoms with Crippen LogP contribution >= 0.6 is 12.2 Å². The van der Waals surface area contributed by atoms with Crippen LogP contribution in [-0.2, 0) is 13.1 Å². The Bertz CT molecular complexity index is 1270. The van der Waals surface area contributed by atoms with Gasteiger partial charge in [0.2, 0.25) is 0 Å². The highest BCUT2D eigenvalue weighted by molar-refractivity contribution is 7.80. The van der Waals surface area contributed by atoms with Gasteiger partial charge in [0.05, 0.1) is 12.6 Å². The van der Waals surface area contributed by atoms with E-state index in [1.165, 1.54) is 0 Å². The summed E-state index contributed by atoms with van der Waals surface area (Å²) in [6, 6.07) is 22.1. The summed E-state index contributed by atoms with van der Waals surface area (Å²) >= 11 is 5.79. The normalized spacial score (nSPS) is 11.8. The number of aromatic amines is 1. The molecule has 0 radical (unpaired) electrons. The molecule has 1 atom stereocenters. The zero-order valence-electron chi connectivity index (χ0n) is 18.2. The fourth-order valence-electron chi connectivity index (χ4n) is 3.70. The molecule has 0 amide bonds. The minimum Gasteiger partial charge on any atom is -0.356 e. The highest BCUT2D eigenvalue weighted by Gasteiger charge is 2.16. The van der Waals surface area contributed by atoms with Gasteiger partial charge < -0.3 is 15.2 Å². The average molecular weight is 443 g/mol.